The van der Waals surface area contributed by atoms with Gasteiger partial charge in [-0.3, -0.25) is 19.2 Å². The summed E-state index contributed by atoms with van der Waals surface area (Å²) in [5.74, 6) is 9.49. The number of Topliss-reactive ketones (excluding diaryl/α,β-unsaturated/α-hetero) is 3. The number of fused-ring (bicyclic) bond motifs is 3. The van der Waals surface area contributed by atoms with E-state index in [2.05, 4.69) is 22.5 Å². The average molecular weight is 866 g/mol. The van der Waals surface area contributed by atoms with E-state index in [9.17, 15) is 24.0 Å². The molecule has 0 saturated carbocycles. The lowest BCUT2D eigenvalue weighted by atomic mass is 10.0. The quantitative estimate of drug-likeness (QED) is 0.0354. The van der Waals surface area contributed by atoms with Gasteiger partial charge in [-0.1, -0.05) is 70.2 Å². The van der Waals surface area contributed by atoms with Crippen LogP contribution in [-0.2, 0) is 39.9 Å². The van der Waals surface area contributed by atoms with E-state index in [0.717, 1.165) is 71.7 Å². The number of benzene rings is 2. The van der Waals surface area contributed by atoms with Crippen LogP contribution >= 0.6 is 33.3 Å². The molecule has 59 heavy (non-hydrogen) atoms. The first-order chi connectivity index (χ1) is 28.9. The van der Waals surface area contributed by atoms with E-state index in [-0.39, 0.29) is 54.2 Å². The second-order valence-electron chi connectivity index (χ2n) is 14.9. The second-order valence-corrected chi connectivity index (χ2v) is 18.9. The van der Waals surface area contributed by atoms with Crippen molar-refractivity contribution in [3.63, 3.8) is 0 Å². The summed E-state index contributed by atoms with van der Waals surface area (Å²) in [6, 6.07) is 15.9. The lowest BCUT2D eigenvalue weighted by Gasteiger charge is -2.26. The van der Waals surface area contributed by atoms with E-state index in [1.165, 1.54) is 0 Å². The maximum Gasteiger partial charge on any atom is 0.315 e. The van der Waals surface area contributed by atoms with Crippen molar-refractivity contribution in [3.8, 4) is 11.8 Å². The molecule has 0 spiro atoms. The molecule has 2 fully saturated rings. The number of urea groups is 1. The van der Waals surface area contributed by atoms with Crippen LogP contribution in [0.3, 0.4) is 0 Å². The van der Waals surface area contributed by atoms with Crippen molar-refractivity contribution in [1.29, 1.82) is 0 Å². The number of hydrogen-bond donors (Lipinski definition) is 2. The third-order valence-electron chi connectivity index (χ3n) is 10.4. The smallest absolute Gasteiger partial charge is 0.315 e. The van der Waals surface area contributed by atoms with Crippen LogP contribution in [0.25, 0.3) is 0 Å². The Morgan fingerprint density at radius 3 is 2.05 bits per heavy atom. The van der Waals surface area contributed by atoms with Crippen LogP contribution in [0.5, 0.6) is 0 Å². The van der Waals surface area contributed by atoms with Gasteiger partial charge < -0.3 is 29.7 Å². The van der Waals surface area contributed by atoms with Crippen molar-refractivity contribution in [2.24, 2.45) is 0 Å². The Labute approximate surface area is 361 Å². The van der Waals surface area contributed by atoms with Crippen LogP contribution in [0.2, 0.25) is 0 Å². The minimum absolute atomic E-state index is 0.0567. The summed E-state index contributed by atoms with van der Waals surface area (Å²) in [5.41, 5.74) is 3.49. The molecule has 3 aliphatic heterocycles. The normalized spacial score (nSPS) is 17.7. The Kier molecular flexibility index (Phi) is 21.2. The van der Waals surface area contributed by atoms with Gasteiger partial charge in [0.25, 0.3) is 0 Å². The maximum atomic E-state index is 13.4. The first-order valence-corrected chi connectivity index (χ1v) is 24.6. The molecule has 3 amide bonds. The predicted octanol–water partition coefficient (Wildman–Crippen LogP) is 7.31. The lowest BCUT2D eigenvalue weighted by molar-refractivity contribution is -0.124. The molecule has 0 aliphatic carbocycles. The number of rotatable bonds is 30. The molecule has 2 N–H and O–H groups in total. The molecule has 2 aromatic carbocycles. The third-order valence-corrected chi connectivity index (χ3v) is 14.4. The monoisotopic (exact) mass is 865 g/mol. The Hall–Kier alpha value is -3.32. The van der Waals surface area contributed by atoms with Gasteiger partial charge in [0.15, 0.2) is 0 Å². The van der Waals surface area contributed by atoms with Crippen LogP contribution < -0.4 is 15.5 Å². The van der Waals surface area contributed by atoms with Gasteiger partial charge in [-0.15, -0.1) is 0 Å². The number of carbonyl (C=O) groups is 5. The van der Waals surface area contributed by atoms with Crippen LogP contribution in [0.15, 0.2) is 48.5 Å². The molecule has 3 atom stereocenters. The lowest BCUT2D eigenvalue weighted by Crippen LogP contribution is -2.36. The number of hydrogen-bond acceptors (Lipinski definition) is 11. The van der Waals surface area contributed by atoms with Crippen molar-refractivity contribution in [2.45, 2.75) is 107 Å². The van der Waals surface area contributed by atoms with Crippen LogP contribution in [0, 0.1) is 11.8 Å². The van der Waals surface area contributed by atoms with Gasteiger partial charge in [-0.25, -0.2) is 4.79 Å². The van der Waals surface area contributed by atoms with Gasteiger partial charge in [0.05, 0.1) is 50.7 Å². The summed E-state index contributed by atoms with van der Waals surface area (Å²) >= 11 is 1.91. The molecule has 2 aromatic rings. The molecule has 11 nitrogen and oxygen atoms in total. The van der Waals surface area contributed by atoms with Gasteiger partial charge >= 0.3 is 6.03 Å². The fraction of sp³-hybridized carbons (Fsp3) is 0.578. The van der Waals surface area contributed by atoms with Gasteiger partial charge in [0.1, 0.15) is 17.3 Å². The van der Waals surface area contributed by atoms with E-state index >= 15 is 0 Å². The fourth-order valence-electron chi connectivity index (χ4n) is 7.16. The zero-order valence-corrected chi connectivity index (χ0v) is 36.5. The zero-order chi connectivity index (χ0) is 41.5. The van der Waals surface area contributed by atoms with Crippen LogP contribution in [-0.4, -0.2) is 104 Å². The van der Waals surface area contributed by atoms with Crippen molar-refractivity contribution in [1.82, 2.24) is 10.6 Å². The SMILES string of the molecule is O=C(CCCC[C@@H]1SC[C@@H]2NC(=O)N[C@@H]21)CCCOCCOCCOCCCC(=O)CCSSCCCC(=O)CCC(=O)N1Cc2ccccc2C#Cc2ccccc21. The van der Waals surface area contributed by atoms with Gasteiger partial charge in [-0.05, 0) is 55.9 Å². The summed E-state index contributed by atoms with van der Waals surface area (Å²) in [5, 5.41) is 6.42. The van der Waals surface area contributed by atoms with Crippen LogP contribution in [0.1, 0.15) is 100 Å². The molecule has 0 radical (unpaired) electrons. The number of nitrogens with zero attached hydrogens (tertiary/aromatic N) is 1. The molecular weight excluding hydrogens is 807 g/mol. The largest absolute Gasteiger partial charge is 0.379 e. The Morgan fingerprint density at radius 1 is 0.661 bits per heavy atom. The van der Waals surface area contributed by atoms with E-state index < -0.39 is 0 Å². The van der Waals surface area contributed by atoms with Crippen molar-refractivity contribution >= 4 is 68.3 Å². The summed E-state index contributed by atoms with van der Waals surface area (Å²) < 4.78 is 16.7. The molecular formula is C45H59N3O8S3. The van der Waals surface area contributed by atoms with Crippen molar-refractivity contribution < 1.29 is 38.2 Å². The molecule has 3 heterocycles. The molecule has 0 bridgehead atoms. The second kappa shape index (κ2) is 26.8. The number of carbonyl (C=O) groups excluding carboxylic acids is 5. The number of nitrogens with one attached hydrogen (secondary N) is 2. The number of unbranched alkanes of at least 4 members (excludes halogenated alkanes) is 1. The number of ether oxygens (including phenoxy) is 3. The number of para-hydroxylation sites is 1. The van der Waals surface area contributed by atoms with E-state index in [0.29, 0.717) is 90.0 Å². The molecule has 320 valence electrons. The van der Waals surface area contributed by atoms with Crippen molar-refractivity contribution in [3.05, 3.63) is 65.2 Å². The molecule has 3 aliphatic rings. The summed E-state index contributed by atoms with van der Waals surface area (Å²) in [4.78, 5) is 63.7. The highest BCUT2D eigenvalue weighted by Crippen LogP contribution is 2.33. The topological polar surface area (TPSA) is 140 Å². The summed E-state index contributed by atoms with van der Waals surface area (Å²) in [7, 11) is 3.34. The van der Waals surface area contributed by atoms with E-state index in [1.54, 1.807) is 26.5 Å². The minimum Gasteiger partial charge on any atom is -0.379 e. The molecule has 5 rings (SSSR count). The Balaban J connectivity index is 0.759. The first-order valence-electron chi connectivity index (χ1n) is 21.1. The Morgan fingerprint density at radius 2 is 1.27 bits per heavy atom. The van der Waals surface area contributed by atoms with Gasteiger partial charge in [-0.2, -0.15) is 11.8 Å². The van der Waals surface area contributed by atoms with E-state index in [4.69, 9.17) is 14.2 Å². The Bertz CT molecular complexity index is 1750. The minimum atomic E-state index is -0.0771. The van der Waals surface area contributed by atoms with E-state index in [1.807, 2.05) is 60.3 Å². The zero-order valence-electron chi connectivity index (χ0n) is 34.1. The standard InChI is InChI=1S/C45H59N3O8S3/c49-37(13-4-6-18-42-44-40(33-57-42)46-45(53)47-44)14-7-24-54-26-28-56-29-27-55-25-8-15-39(51)23-31-59-58-30-9-16-38(50)21-22-43(52)48-32-36-12-2-1-10-34(36)19-20-35-11-3-5-17-41(35)48/h1-3,5,10-12,17,40,42,44H,4,6-9,13-16,18,21-33H2,(H2,46,47,53)/t40-,42-,44-/m0/s1. The summed E-state index contributed by atoms with van der Waals surface area (Å²) in [6.07, 6.45) is 8.08. The predicted molar refractivity (Wildman–Crippen MR) is 238 cm³/mol. The maximum absolute atomic E-state index is 13.4. The highest BCUT2D eigenvalue weighted by molar-refractivity contribution is 8.76. The first kappa shape index (κ1) is 46.7. The average Bonchev–Trinajstić information content (AvgIpc) is 3.79. The van der Waals surface area contributed by atoms with Crippen molar-refractivity contribution in [2.75, 3.05) is 61.8 Å². The molecule has 0 aromatic heterocycles. The summed E-state index contributed by atoms with van der Waals surface area (Å²) in [6.45, 7) is 3.38. The highest BCUT2D eigenvalue weighted by atomic mass is 33.1. The highest BCUT2D eigenvalue weighted by Gasteiger charge is 2.42. The molecule has 2 saturated heterocycles. The van der Waals surface area contributed by atoms with Gasteiger partial charge in [0, 0.05) is 91.8 Å². The van der Waals surface area contributed by atoms with Crippen LogP contribution in [0.4, 0.5) is 10.5 Å². The number of anilines is 1. The number of amides is 3. The molecule has 14 heteroatoms. The third kappa shape index (κ3) is 16.9. The number of ketones is 3. The molecule has 0 unspecified atom stereocenters. The number of thioether (sulfide) groups is 1. The van der Waals surface area contributed by atoms with Gasteiger partial charge in [0.2, 0.25) is 5.91 Å². The fourth-order valence-corrected chi connectivity index (χ4v) is 10.8.